The highest BCUT2D eigenvalue weighted by Crippen LogP contribution is 2.18. The number of nitrogens with zero attached hydrogens (tertiary/aromatic N) is 3. The van der Waals surface area contributed by atoms with Crippen LogP contribution in [0.1, 0.15) is 12.0 Å². The molecule has 6 nitrogen and oxygen atoms in total. The van der Waals surface area contributed by atoms with E-state index in [1.807, 2.05) is 19.3 Å². The Kier molecular flexibility index (Phi) is 3.96. The molecule has 6 heteroatoms. The van der Waals surface area contributed by atoms with Gasteiger partial charge in [-0.15, -0.1) is 0 Å². The Balaban J connectivity index is 1.64. The first kappa shape index (κ1) is 13.8. The molecule has 1 amide bonds. The Morgan fingerprint density at radius 2 is 2.33 bits per heavy atom. The lowest BCUT2D eigenvalue weighted by Gasteiger charge is -2.09. The number of pyridine rings is 1. The van der Waals surface area contributed by atoms with Gasteiger partial charge in [0.15, 0.2) is 0 Å². The van der Waals surface area contributed by atoms with Crippen LogP contribution in [-0.2, 0) is 23.1 Å². The van der Waals surface area contributed by atoms with Crippen LogP contribution in [0.4, 0.5) is 0 Å². The number of amides is 1. The Morgan fingerprint density at radius 1 is 1.43 bits per heavy atom. The largest absolute Gasteiger partial charge is 0.381 e. The van der Waals surface area contributed by atoms with E-state index in [1.165, 1.54) is 0 Å². The molecule has 0 radical (unpaired) electrons. The van der Waals surface area contributed by atoms with Gasteiger partial charge >= 0.3 is 0 Å². The summed E-state index contributed by atoms with van der Waals surface area (Å²) in [5.41, 5.74) is 2.99. The van der Waals surface area contributed by atoms with Gasteiger partial charge in [0.2, 0.25) is 5.91 Å². The van der Waals surface area contributed by atoms with Gasteiger partial charge in [-0.2, -0.15) is 5.10 Å². The van der Waals surface area contributed by atoms with Crippen LogP contribution in [0.5, 0.6) is 0 Å². The third-order valence-corrected chi connectivity index (χ3v) is 3.60. The van der Waals surface area contributed by atoms with E-state index < -0.39 is 0 Å². The zero-order chi connectivity index (χ0) is 14.7. The molecule has 2 aromatic rings. The second-order valence-electron chi connectivity index (χ2n) is 5.26. The number of carbonyl (C=O) groups excluding carboxylic acids is 1. The minimum absolute atomic E-state index is 0.0144. The van der Waals surface area contributed by atoms with Crippen LogP contribution >= 0.6 is 0 Å². The molecule has 1 atom stereocenters. The Morgan fingerprint density at radius 3 is 3.05 bits per heavy atom. The van der Waals surface area contributed by atoms with Crippen LogP contribution in [0, 0.1) is 5.92 Å². The lowest BCUT2D eigenvalue weighted by atomic mass is 10.1. The summed E-state index contributed by atoms with van der Waals surface area (Å²) < 4.78 is 6.98. The van der Waals surface area contributed by atoms with Gasteiger partial charge in [0, 0.05) is 49.9 Å². The van der Waals surface area contributed by atoms with Crippen molar-refractivity contribution in [3.8, 4) is 11.1 Å². The van der Waals surface area contributed by atoms with Crippen molar-refractivity contribution in [1.29, 1.82) is 0 Å². The van der Waals surface area contributed by atoms with Crippen molar-refractivity contribution in [2.75, 3.05) is 13.2 Å². The molecule has 0 spiro atoms. The van der Waals surface area contributed by atoms with E-state index in [4.69, 9.17) is 4.74 Å². The van der Waals surface area contributed by atoms with E-state index in [0.29, 0.717) is 19.8 Å². The van der Waals surface area contributed by atoms with Crippen LogP contribution in [0.25, 0.3) is 11.1 Å². The number of rotatable bonds is 4. The Bertz CT molecular complexity index is 632. The smallest absolute Gasteiger partial charge is 0.225 e. The van der Waals surface area contributed by atoms with Crippen LogP contribution in [0.3, 0.4) is 0 Å². The third-order valence-electron chi connectivity index (χ3n) is 3.60. The molecule has 110 valence electrons. The van der Waals surface area contributed by atoms with Crippen LogP contribution in [-0.4, -0.2) is 33.9 Å². The zero-order valence-electron chi connectivity index (χ0n) is 12.0. The number of aryl methyl sites for hydroxylation is 1. The van der Waals surface area contributed by atoms with Gasteiger partial charge in [0.25, 0.3) is 0 Å². The molecule has 1 aliphatic rings. The molecule has 21 heavy (non-hydrogen) atoms. The predicted molar refractivity (Wildman–Crippen MR) is 77.2 cm³/mol. The molecule has 2 aromatic heterocycles. The maximum atomic E-state index is 12.0. The molecular formula is C15H18N4O2. The molecule has 1 saturated heterocycles. The molecular weight excluding hydrogens is 268 g/mol. The van der Waals surface area contributed by atoms with Crippen LogP contribution in [0.2, 0.25) is 0 Å². The number of carbonyl (C=O) groups is 1. The molecule has 3 heterocycles. The standard InChI is InChI=1S/C15H18N4O2/c1-19-9-14(8-18-19)13-4-11(5-16-7-13)6-17-15(20)12-2-3-21-10-12/h4-5,7-9,12H,2-3,6,10H2,1H3,(H,17,20)/t12-/m0/s1. The molecule has 1 fully saturated rings. The summed E-state index contributed by atoms with van der Waals surface area (Å²) in [6.07, 6.45) is 8.11. The summed E-state index contributed by atoms with van der Waals surface area (Å²) in [5.74, 6) is 0.0405. The van der Waals surface area contributed by atoms with E-state index in [2.05, 4.69) is 15.4 Å². The van der Waals surface area contributed by atoms with Gasteiger partial charge in [-0.3, -0.25) is 14.5 Å². The molecule has 3 rings (SSSR count). The molecule has 0 unspecified atom stereocenters. The summed E-state index contributed by atoms with van der Waals surface area (Å²) >= 11 is 0. The number of hydrogen-bond donors (Lipinski definition) is 1. The predicted octanol–water partition coefficient (Wildman–Crippen LogP) is 1.13. The molecule has 0 aliphatic carbocycles. The fourth-order valence-corrected chi connectivity index (χ4v) is 2.39. The van der Waals surface area contributed by atoms with Crippen molar-refractivity contribution in [3.05, 3.63) is 36.4 Å². The van der Waals surface area contributed by atoms with Crippen molar-refractivity contribution in [1.82, 2.24) is 20.1 Å². The average Bonchev–Trinajstić information content (AvgIpc) is 3.16. The lowest BCUT2D eigenvalue weighted by Crippen LogP contribution is -2.30. The van der Waals surface area contributed by atoms with Gasteiger partial charge < -0.3 is 10.1 Å². The highest BCUT2D eigenvalue weighted by atomic mass is 16.5. The van der Waals surface area contributed by atoms with E-state index in [9.17, 15) is 4.79 Å². The van der Waals surface area contributed by atoms with Gasteiger partial charge in [0.05, 0.1) is 18.7 Å². The summed E-state index contributed by atoms with van der Waals surface area (Å²) in [6, 6.07) is 2.02. The molecule has 1 aliphatic heterocycles. The SMILES string of the molecule is Cn1cc(-c2cncc(CNC(=O)[C@H]3CCOC3)c2)cn1. The van der Waals surface area contributed by atoms with Crippen LogP contribution in [0.15, 0.2) is 30.9 Å². The molecule has 1 N–H and O–H groups in total. The van der Waals surface area contributed by atoms with E-state index >= 15 is 0 Å². The number of hydrogen-bond acceptors (Lipinski definition) is 4. The van der Waals surface area contributed by atoms with Crippen molar-refractivity contribution >= 4 is 5.91 Å². The number of ether oxygens (including phenoxy) is 1. The lowest BCUT2D eigenvalue weighted by molar-refractivity contribution is -0.125. The minimum Gasteiger partial charge on any atom is -0.381 e. The summed E-state index contributed by atoms with van der Waals surface area (Å²) in [6.45, 7) is 1.69. The maximum absolute atomic E-state index is 12.0. The molecule has 0 saturated carbocycles. The van der Waals surface area contributed by atoms with Gasteiger partial charge in [-0.25, -0.2) is 0 Å². The second kappa shape index (κ2) is 6.05. The fourth-order valence-electron chi connectivity index (χ4n) is 2.39. The number of nitrogens with one attached hydrogen (secondary N) is 1. The molecule has 0 bridgehead atoms. The first-order valence-electron chi connectivity index (χ1n) is 7.01. The Labute approximate surface area is 123 Å². The second-order valence-corrected chi connectivity index (χ2v) is 5.26. The molecule has 0 aromatic carbocycles. The normalized spacial score (nSPS) is 17.9. The first-order valence-corrected chi connectivity index (χ1v) is 7.01. The fraction of sp³-hybridized carbons (Fsp3) is 0.400. The third kappa shape index (κ3) is 3.28. The summed E-state index contributed by atoms with van der Waals surface area (Å²) in [7, 11) is 1.88. The van der Waals surface area contributed by atoms with E-state index in [0.717, 1.165) is 23.1 Å². The van der Waals surface area contributed by atoms with Crippen molar-refractivity contribution < 1.29 is 9.53 Å². The van der Waals surface area contributed by atoms with E-state index in [-0.39, 0.29) is 11.8 Å². The van der Waals surface area contributed by atoms with Crippen molar-refractivity contribution in [2.45, 2.75) is 13.0 Å². The van der Waals surface area contributed by atoms with Crippen LogP contribution < -0.4 is 5.32 Å². The summed E-state index contributed by atoms with van der Waals surface area (Å²) in [4.78, 5) is 16.2. The minimum atomic E-state index is -0.0144. The van der Waals surface area contributed by atoms with Gasteiger partial charge in [0.1, 0.15) is 0 Å². The number of aromatic nitrogens is 3. The quantitative estimate of drug-likeness (QED) is 0.915. The van der Waals surface area contributed by atoms with Crippen molar-refractivity contribution in [3.63, 3.8) is 0 Å². The average molecular weight is 286 g/mol. The summed E-state index contributed by atoms with van der Waals surface area (Å²) in [5, 5.41) is 7.10. The van der Waals surface area contributed by atoms with Gasteiger partial charge in [-0.05, 0) is 18.1 Å². The highest BCUT2D eigenvalue weighted by Gasteiger charge is 2.22. The maximum Gasteiger partial charge on any atom is 0.225 e. The Hall–Kier alpha value is -2.21. The van der Waals surface area contributed by atoms with Gasteiger partial charge in [-0.1, -0.05) is 0 Å². The topological polar surface area (TPSA) is 69.0 Å². The van der Waals surface area contributed by atoms with E-state index in [1.54, 1.807) is 23.3 Å². The zero-order valence-corrected chi connectivity index (χ0v) is 12.0. The highest BCUT2D eigenvalue weighted by molar-refractivity contribution is 5.79. The monoisotopic (exact) mass is 286 g/mol. The van der Waals surface area contributed by atoms with Crippen molar-refractivity contribution in [2.24, 2.45) is 13.0 Å². The first-order chi connectivity index (χ1) is 10.2.